The molecule has 0 radical (unpaired) electrons. The SMILES string of the molecule is [Br-].[Br-].c1cc(-c2cc[n+](Cc3ccc(C[n+]4ccc(-c5cc[nH+]cc5)cc4)cc3)cc2)cc[nH+]1. The van der Waals surface area contributed by atoms with Crippen LogP contribution in [-0.4, -0.2) is 0 Å². The normalized spacial score (nSPS) is 10.1. The van der Waals surface area contributed by atoms with Gasteiger partial charge in [0.1, 0.15) is 0 Å². The van der Waals surface area contributed by atoms with Crippen LogP contribution in [-0.2, 0) is 13.1 Å². The third-order valence-electron chi connectivity index (χ3n) is 5.64. The zero-order valence-corrected chi connectivity index (χ0v) is 21.8. The average Bonchev–Trinajstić information content (AvgIpc) is 2.87. The molecular formula is C28H26Br2N4+2. The van der Waals surface area contributed by atoms with E-state index >= 15 is 0 Å². The first-order chi connectivity index (χ1) is 15.8. The van der Waals surface area contributed by atoms with Gasteiger partial charge >= 0.3 is 0 Å². The second-order valence-corrected chi connectivity index (χ2v) is 7.91. The smallest absolute Gasteiger partial charge is 0.173 e. The molecule has 5 aromatic rings. The van der Waals surface area contributed by atoms with Crippen molar-refractivity contribution >= 4 is 0 Å². The molecule has 6 heteroatoms. The number of rotatable bonds is 6. The van der Waals surface area contributed by atoms with Crippen LogP contribution >= 0.6 is 0 Å². The van der Waals surface area contributed by atoms with Gasteiger partial charge in [-0.2, -0.15) is 0 Å². The summed E-state index contributed by atoms with van der Waals surface area (Å²) >= 11 is 0. The lowest BCUT2D eigenvalue weighted by atomic mass is 10.1. The van der Waals surface area contributed by atoms with E-state index in [4.69, 9.17) is 0 Å². The third-order valence-corrected chi connectivity index (χ3v) is 5.64. The number of hydrogen-bond acceptors (Lipinski definition) is 0. The molecule has 0 spiro atoms. The molecule has 4 aromatic heterocycles. The van der Waals surface area contributed by atoms with Gasteiger partial charge in [-0.1, -0.05) is 24.3 Å². The maximum atomic E-state index is 3.07. The first kappa shape index (κ1) is 25.4. The lowest BCUT2D eigenvalue weighted by molar-refractivity contribution is -0.688. The number of aromatic amines is 2. The topological polar surface area (TPSA) is 36.0 Å². The van der Waals surface area contributed by atoms with E-state index in [-0.39, 0.29) is 34.0 Å². The predicted molar refractivity (Wildman–Crippen MR) is 122 cm³/mol. The quantitative estimate of drug-likeness (QED) is 0.197. The zero-order chi connectivity index (χ0) is 21.6. The number of aromatic nitrogens is 4. The molecule has 4 nitrogen and oxygen atoms in total. The van der Waals surface area contributed by atoms with Crippen molar-refractivity contribution in [3.05, 3.63) is 133 Å². The van der Waals surface area contributed by atoms with Gasteiger partial charge in [0, 0.05) is 59.7 Å². The fraction of sp³-hybridized carbons (Fsp3) is 0.0714. The maximum absolute atomic E-state index is 3.07. The van der Waals surface area contributed by atoms with Crippen LogP contribution < -0.4 is 53.1 Å². The Labute approximate surface area is 221 Å². The first-order valence-corrected chi connectivity index (χ1v) is 10.8. The molecule has 4 heterocycles. The highest BCUT2D eigenvalue weighted by Crippen LogP contribution is 2.16. The Kier molecular flexibility index (Phi) is 9.19. The Morgan fingerprint density at radius 1 is 0.412 bits per heavy atom. The van der Waals surface area contributed by atoms with Crippen LogP contribution in [0.25, 0.3) is 22.3 Å². The summed E-state index contributed by atoms with van der Waals surface area (Å²) < 4.78 is 4.42. The van der Waals surface area contributed by atoms with Crippen LogP contribution in [0.2, 0.25) is 0 Å². The van der Waals surface area contributed by atoms with Crippen LogP contribution in [0, 0.1) is 0 Å². The highest BCUT2D eigenvalue weighted by Gasteiger charge is 2.08. The van der Waals surface area contributed by atoms with E-state index < -0.39 is 0 Å². The molecule has 0 bridgehead atoms. The van der Waals surface area contributed by atoms with E-state index in [0.29, 0.717) is 0 Å². The van der Waals surface area contributed by atoms with Crippen molar-refractivity contribution in [2.75, 3.05) is 0 Å². The molecule has 0 aliphatic heterocycles. The molecule has 34 heavy (non-hydrogen) atoms. The molecule has 0 aliphatic carbocycles. The van der Waals surface area contributed by atoms with Gasteiger partial charge < -0.3 is 34.0 Å². The Balaban J connectivity index is 0.00000162. The third kappa shape index (κ3) is 6.43. The minimum Gasteiger partial charge on any atom is -1.00 e. The molecule has 0 amide bonds. The number of pyridine rings is 4. The number of benzene rings is 1. The second kappa shape index (κ2) is 12.3. The van der Waals surface area contributed by atoms with Gasteiger partial charge in [-0.3, -0.25) is 0 Å². The van der Waals surface area contributed by atoms with Crippen LogP contribution in [0.5, 0.6) is 0 Å². The molecule has 2 N–H and O–H groups in total. The lowest BCUT2D eigenvalue weighted by Gasteiger charge is -2.03. The van der Waals surface area contributed by atoms with Gasteiger partial charge in [-0.05, 0) is 22.3 Å². The molecule has 0 fully saturated rings. The van der Waals surface area contributed by atoms with Crippen molar-refractivity contribution < 1.29 is 53.1 Å². The molecule has 0 aliphatic rings. The van der Waals surface area contributed by atoms with Crippen molar-refractivity contribution in [2.45, 2.75) is 13.1 Å². The maximum Gasteiger partial charge on any atom is 0.173 e. The summed E-state index contributed by atoms with van der Waals surface area (Å²) in [7, 11) is 0. The van der Waals surface area contributed by atoms with Gasteiger partial charge in [0.15, 0.2) is 62.7 Å². The molecular weight excluding hydrogens is 552 g/mol. The first-order valence-electron chi connectivity index (χ1n) is 10.8. The highest BCUT2D eigenvalue weighted by molar-refractivity contribution is 5.61. The van der Waals surface area contributed by atoms with Crippen LogP contribution in [0.15, 0.2) is 122 Å². The molecule has 1 aromatic carbocycles. The predicted octanol–water partition coefficient (Wildman–Crippen LogP) is -2.67. The van der Waals surface area contributed by atoms with Gasteiger partial charge in [0.25, 0.3) is 0 Å². The van der Waals surface area contributed by atoms with E-state index in [9.17, 15) is 0 Å². The van der Waals surface area contributed by atoms with E-state index in [1.54, 1.807) is 0 Å². The molecule has 0 atom stereocenters. The summed E-state index contributed by atoms with van der Waals surface area (Å²) in [5.41, 5.74) is 7.46. The van der Waals surface area contributed by atoms with Crippen molar-refractivity contribution in [3.8, 4) is 22.3 Å². The van der Waals surface area contributed by atoms with E-state index in [0.717, 1.165) is 13.1 Å². The van der Waals surface area contributed by atoms with Crippen molar-refractivity contribution in [1.82, 2.24) is 0 Å². The molecule has 0 saturated heterocycles. The number of nitrogens with zero attached hydrogens (tertiary/aromatic N) is 2. The van der Waals surface area contributed by atoms with Gasteiger partial charge in [-0.25, -0.2) is 19.1 Å². The van der Waals surface area contributed by atoms with Crippen LogP contribution in [0.4, 0.5) is 0 Å². The highest BCUT2D eigenvalue weighted by atomic mass is 79.9. The van der Waals surface area contributed by atoms with Gasteiger partial charge in [0.2, 0.25) is 0 Å². The lowest BCUT2D eigenvalue weighted by Crippen LogP contribution is -3.00. The van der Waals surface area contributed by atoms with E-state index in [2.05, 4.69) is 117 Å². The monoisotopic (exact) mass is 576 g/mol. The molecule has 170 valence electrons. The van der Waals surface area contributed by atoms with Crippen molar-refractivity contribution in [1.29, 1.82) is 0 Å². The van der Waals surface area contributed by atoms with E-state index in [1.165, 1.54) is 33.4 Å². The Hall–Kier alpha value is -3.22. The Bertz CT molecular complexity index is 1170. The van der Waals surface area contributed by atoms with Gasteiger partial charge in [-0.15, -0.1) is 0 Å². The number of nitrogens with one attached hydrogen (secondary N) is 2. The summed E-state index contributed by atoms with van der Waals surface area (Å²) in [5, 5.41) is 0. The fourth-order valence-corrected chi connectivity index (χ4v) is 3.84. The standard InChI is InChI=1S/C28H24N4.2BrH/c1-2-24(22-32-19-11-28(12-20-32)26-7-15-30-16-8-26)4-3-23(1)21-31-17-9-27(10-18-31)25-5-13-29-14-6-25;;/h1-20H,21-22H2;2*1H/q+2;;. The summed E-state index contributed by atoms with van der Waals surface area (Å²) in [6.45, 7) is 1.72. The minimum absolute atomic E-state index is 0. The summed E-state index contributed by atoms with van der Waals surface area (Å²) in [6, 6.07) is 25.9. The van der Waals surface area contributed by atoms with E-state index in [1.807, 2.05) is 24.8 Å². The van der Waals surface area contributed by atoms with Crippen LogP contribution in [0.3, 0.4) is 0 Å². The molecule has 0 unspecified atom stereocenters. The van der Waals surface area contributed by atoms with Crippen molar-refractivity contribution in [3.63, 3.8) is 0 Å². The van der Waals surface area contributed by atoms with Crippen LogP contribution in [0.1, 0.15) is 11.1 Å². The summed E-state index contributed by atoms with van der Waals surface area (Å²) in [6.07, 6.45) is 16.4. The summed E-state index contributed by atoms with van der Waals surface area (Å²) in [4.78, 5) is 6.14. The fourth-order valence-electron chi connectivity index (χ4n) is 3.84. The number of halogens is 2. The Morgan fingerprint density at radius 3 is 1.03 bits per heavy atom. The largest absolute Gasteiger partial charge is 1.00 e. The Morgan fingerprint density at radius 2 is 0.706 bits per heavy atom. The second-order valence-electron chi connectivity index (χ2n) is 7.91. The average molecular weight is 578 g/mol. The minimum atomic E-state index is 0. The van der Waals surface area contributed by atoms with Crippen molar-refractivity contribution in [2.24, 2.45) is 0 Å². The summed E-state index contributed by atoms with van der Waals surface area (Å²) in [5.74, 6) is 0. The number of hydrogen-bond donors (Lipinski definition) is 0. The molecule has 5 rings (SSSR count). The molecule has 0 saturated carbocycles. The zero-order valence-electron chi connectivity index (χ0n) is 18.6. The number of H-pyrrole nitrogens is 2. The van der Waals surface area contributed by atoms with Gasteiger partial charge in [0.05, 0.1) is 0 Å².